The molecule has 0 aromatic heterocycles. The van der Waals surface area contributed by atoms with E-state index < -0.39 is 11.9 Å². The highest BCUT2D eigenvalue weighted by molar-refractivity contribution is 6.36. The molecule has 0 radical (unpaired) electrons. The number of nitrogens with one attached hydrogen (secondary N) is 1. The largest absolute Gasteiger partial charge is 0.368 e. The number of halogens is 2. The van der Waals surface area contributed by atoms with Crippen LogP contribution in [0.25, 0.3) is 0 Å². The van der Waals surface area contributed by atoms with E-state index in [0.717, 1.165) is 19.3 Å². The predicted molar refractivity (Wildman–Crippen MR) is 102 cm³/mol. The average Bonchev–Trinajstić information content (AvgIpc) is 2.55. The summed E-state index contributed by atoms with van der Waals surface area (Å²) in [4.78, 5) is 25.2. The standard InChI is InChI=1S/C20H24Cl2N2O2/c21-15-2-1-3-16(22)14(15)7-17(18(23)25)24-19(26)20-8-11-4-12(9-20)6-13(5-11)10-20/h1-3,11-13,17H,4-10H2,(H2,23,25)(H,24,26)/t11?,12?,13?,17-,20?/m0/s1. The first-order chi connectivity index (χ1) is 12.4. The highest BCUT2D eigenvalue weighted by Crippen LogP contribution is 2.60. The monoisotopic (exact) mass is 394 g/mol. The van der Waals surface area contributed by atoms with Gasteiger partial charge >= 0.3 is 0 Å². The summed E-state index contributed by atoms with van der Waals surface area (Å²) in [5.74, 6) is 1.42. The summed E-state index contributed by atoms with van der Waals surface area (Å²) in [6, 6.07) is 4.40. The van der Waals surface area contributed by atoms with Crippen LogP contribution in [0.3, 0.4) is 0 Å². The summed E-state index contributed by atoms with van der Waals surface area (Å²) in [7, 11) is 0. The minimum Gasteiger partial charge on any atom is -0.368 e. The Labute approximate surface area is 163 Å². The number of benzene rings is 1. The average molecular weight is 395 g/mol. The molecule has 0 saturated heterocycles. The smallest absolute Gasteiger partial charge is 0.240 e. The van der Waals surface area contributed by atoms with Crippen LogP contribution < -0.4 is 11.1 Å². The molecule has 26 heavy (non-hydrogen) atoms. The van der Waals surface area contributed by atoms with Crippen molar-refractivity contribution in [2.24, 2.45) is 28.9 Å². The Bertz CT molecular complexity index is 694. The molecule has 1 aromatic rings. The van der Waals surface area contributed by atoms with Crippen molar-refractivity contribution in [1.82, 2.24) is 5.32 Å². The zero-order chi connectivity index (χ0) is 18.5. The number of nitrogens with two attached hydrogens (primary N) is 1. The molecule has 6 heteroatoms. The highest BCUT2D eigenvalue weighted by atomic mass is 35.5. The lowest BCUT2D eigenvalue weighted by Crippen LogP contribution is -2.57. The molecule has 140 valence electrons. The number of carbonyl (C=O) groups excluding carboxylic acids is 2. The normalized spacial score (nSPS) is 33.1. The van der Waals surface area contributed by atoms with Gasteiger partial charge in [-0.15, -0.1) is 0 Å². The second-order valence-corrected chi connectivity index (χ2v) is 9.35. The lowest BCUT2D eigenvalue weighted by atomic mass is 9.49. The first-order valence-corrected chi connectivity index (χ1v) is 10.1. The molecular formula is C20H24Cl2N2O2. The second kappa shape index (κ2) is 6.72. The van der Waals surface area contributed by atoms with Crippen LogP contribution in [0.4, 0.5) is 0 Å². The summed E-state index contributed by atoms with van der Waals surface area (Å²) < 4.78 is 0. The van der Waals surface area contributed by atoms with Gasteiger partial charge in [-0.2, -0.15) is 0 Å². The van der Waals surface area contributed by atoms with Crippen LogP contribution in [-0.4, -0.2) is 17.9 Å². The molecule has 1 atom stereocenters. The van der Waals surface area contributed by atoms with Crippen molar-refractivity contribution in [2.75, 3.05) is 0 Å². The van der Waals surface area contributed by atoms with Crippen molar-refractivity contribution < 1.29 is 9.59 Å². The molecule has 0 aliphatic heterocycles. The SMILES string of the molecule is NC(=O)[C@H](Cc1c(Cl)cccc1Cl)NC(=O)C12CC3CC(CC(C3)C1)C2. The molecule has 4 bridgehead atoms. The maximum atomic E-state index is 13.2. The number of hydrogen-bond acceptors (Lipinski definition) is 2. The van der Waals surface area contributed by atoms with Crippen LogP contribution in [0.2, 0.25) is 10.0 Å². The third kappa shape index (κ3) is 3.22. The Morgan fingerprint density at radius 1 is 1.08 bits per heavy atom. The molecule has 5 rings (SSSR count). The fourth-order valence-corrected chi connectivity index (χ4v) is 6.41. The molecule has 0 spiro atoms. The molecule has 4 saturated carbocycles. The van der Waals surface area contributed by atoms with Gasteiger partial charge in [0.1, 0.15) is 6.04 Å². The molecule has 3 N–H and O–H groups in total. The lowest BCUT2D eigenvalue weighted by molar-refractivity contribution is -0.148. The van der Waals surface area contributed by atoms with Crippen molar-refractivity contribution in [1.29, 1.82) is 0 Å². The van der Waals surface area contributed by atoms with Gasteiger partial charge in [0.25, 0.3) is 0 Å². The predicted octanol–water partition coefficient (Wildman–Crippen LogP) is 3.72. The number of carbonyl (C=O) groups is 2. The zero-order valence-electron chi connectivity index (χ0n) is 14.6. The van der Waals surface area contributed by atoms with Crippen LogP contribution in [0.1, 0.15) is 44.1 Å². The van der Waals surface area contributed by atoms with Gasteiger partial charge in [-0.05, 0) is 74.0 Å². The minimum absolute atomic E-state index is 0.0106. The lowest BCUT2D eigenvalue weighted by Gasteiger charge is -2.55. The van der Waals surface area contributed by atoms with Crippen molar-refractivity contribution in [2.45, 2.75) is 51.0 Å². The van der Waals surface area contributed by atoms with Crippen LogP contribution in [0, 0.1) is 23.2 Å². The summed E-state index contributed by atoms with van der Waals surface area (Å²) in [5.41, 5.74) is 5.92. The van der Waals surface area contributed by atoms with Gasteiger partial charge in [-0.25, -0.2) is 0 Å². The van der Waals surface area contributed by atoms with E-state index in [0.29, 0.717) is 33.4 Å². The van der Waals surface area contributed by atoms with Crippen molar-refractivity contribution >= 4 is 35.0 Å². The van der Waals surface area contributed by atoms with E-state index >= 15 is 0 Å². The van der Waals surface area contributed by atoms with E-state index in [1.807, 2.05) is 0 Å². The third-order valence-corrected chi connectivity index (χ3v) is 7.35. The van der Waals surface area contributed by atoms with Gasteiger partial charge in [0, 0.05) is 21.9 Å². The van der Waals surface area contributed by atoms with E-state index in [-0.39, 0.29) is 17.7 Å². The summed E-state index contributed by atoms with van der Waals surface area (Å²) >= 11 is 12.4. The molecule has 4 aliphatic rings. The van der Waals surface area contributed by atoms with E-state index in [9.17, 15) is 9.59 Å². The van der Waals surface area contributed by atoms with Crippen LogP contribution in [0.5, 0.6) is 0 Å². The van der Waals surface area contributed by atoms with Crippen LogP contribution in [0.15, 0.2) is 18.2 Å². The van der Waals surface area contributed by atoms with Crippen molar-refractivity contribution in [3.8, 4) is 0 Å². The molecular weight excluding hydrogens is 371 g/mol. The minimum atomic E-state index is -0.798. The van der Waals surface area contributed by atoms with Gasteiger partial charge in [0.2, 0.25) is 11.8 Å². The Morgan fingerprint density at radius 2 is 1.58 bits per heavy atom. The Kier molecular flexibility index (Phi) is 4.68. The quantitative estimate of drug-likeness (QED) is 0.798. The maximum absolute atomic E-state index is 13.2. The number of rotatable bonds is 5. The number of amides is 2. The number of hydrogen-bond donors (Lipinski definition) is 2. The van der Waals surface area contributed by atoms with Gasteiger partial charge in [-0.3, -0.25) is 9.59 Å². The molecule has 1 aromatic carbocycles. The number of primary amides is 1. The van der Waals surface area contributed by atoms with E-state index in [1.165, 1.54) is 19.3 Å². The highest BCUT2D eigenvalue weighted by Gasteiger charge is 2.54. The van der Waals surface area contributed by atoms with Crippen LogP contribution in [-0.2, 0) is 16.0 Å². The van der Waals surface area contributed by atoms with Gasteiger partial charge in [0.05, 0.1) is 0 Å². The molecule has 4 fully saturated rings. The molecule has 0 heterocycles. The first-order valence-electron chi connectivity index (χ1n) is 9.39. The van der Waals surface area contributed by atoms with Gasteiger partial charge < -0.3 is 11.1 Å². The summed E-state index contributed by atoms with van der Waals surface area (Å²) in [6.45, 7) is 0. The van der Waals surface area contributed by atoms with E-state index in [1.54, 1.807) is 18.2 Å². The molecule has 0 unspecified atom stereocenters. The molecule has 2 amide bonds. The van der Waals surface area contributed by atoms with Crippen molar-refractivity contribution in [3.05, 3.63) is 33.8 Å². The second-order valence-electron chi connectivity index (χ2n) is 8.53. The maximum Gasteiger partial charge on any atom is 0.240 e. The Morgan fingerprint density at radius 3 is 2.04 bits per heavy atom. The van der Waals surface area contributed by atoms with E-state index in [2.05, 4.69) is 5.32 Å². The first kappa shape index (κ1) is 18.1. The Balaban J connectivity index is 1.52. The van der Waals surface area contributed by atoms with Crippen molar-refractivity contribution in [3.63, 3.8) is 0 Å². The van der Waals surface area contributed by atoms with Crippen LogP contribution >= 0.6 is 23.2 Å². The topological polar surface area (TPSA) is 72.2 Å². The third-order valence-electron chi connectivity index (χ3n) is 6.64. The van der Waals surface area contributed by atoms with Gasteiger partial charge in [-0.1, -0.05) is 29.3 Å². The fraction of sp³-hybridized carbons (Fsp3) is 0.600. The van der Waals surface area contributed by atoms with E-state index in [4.69, 9.17) is 28.9 Å². The Hall–Kier alpha value is -1.26. The van der Waals surface area contributed by atoms with Gasteiger partial charge in [0.15, 0.2) is 0 Å². The fourth-order valence-electron chi connectivity index (χ4n) is 5.85. The summed E-state index contributed by atoms with van der Waals surface area (Å²) in [5, 5.41) is 3.90. The zero-order valence-corrected chi connectivity index (χ0v) is 16.2. The molecule has 4 aliphatic carbocycles. The molecule has 4 nitrogen and oxygen atoms in total. The summed E-state index contributed by atoms with van der Waals surface area (Å²) in [6.07, 6.45) is 6.85.